The van der Waals surface area contributed by atoms with E-state index in [1.54, 1.807) is 19.1 Å². The molecule has 1 aromatic carbocycles. The van der Waals surface area contributed by atoms with E-state index in [0.717, 1.165) is 0 Å². The summed E-state index contributed by atoms with van der Waals surface area (Å²) in [4.78, 5) is 22.3. The van der Waals surface area contributed by atoms with Crippen molar-refractivity contribution in [3.05, 3.63) is 30.1 Å². The van der Waals surface area contributed by atoms with Crippen molar-refractivity contribution in [1.29, 1.82) is 0 Å². The van der Waals surface area contributed by atoms with E-state index >= 15 is 0 Å². The first-order valence-electron chi connectivity index (χ1n) is 6.21. The van der Waals surface area contributed by atoms with E-state index < -0.39 is 11.8 Å². The Kier molecular flexibility index (Phi) is 6.57. The van der Waals surface area contributed by atoms with E-state index in [2.05, 4.69) is 4.74 Å². The van der Waals surface area contributed by atoms with Crippen LogP contribution in [0.3, 0.4) is 0 Å². The number of hydrogen-bond acceptors (Lipinski definition) is 4. The molecule has 0 aliphatic rings. The summed E-state index contributed by atoms with van der Waals surface area (Å²) in [7, 11) is 0. The Morgan fingerprint density at radius 3 is 2.47 bits per heavy atom. The lowest BCUT2D eigenvalue weighted by molar-refractivity contribution is -0.153. The minimum absolute atomic E-state index is 0.158. The van der Waals surface area contributed by atoms with Crippen LogP contribution in [-0.4, -0.2) is 25.0 Å². The monoisotopic (exact) mass is 268 g/mol. The molecule has 0 radical (unpaired) electrons. The molecular formula is C14H17FO4. The number of carbonyl (C=O) groups excluding carboxylic acids is 2. The predicted octanol–water partition coefficient (Wildman–Crippen LogP) is 2.51. The van der Waals surface area contributed by atoms with Crippen molar-refractivity contribution >= 4 is 11.8 Å². The molecule has 0 aliphatic carbocycles. The first kappa shape index (κ1) is 15.1. The molecule has 0 atom stereocenters. The highest BCUT2D eigenvalue weighted by molar-refractivity contribution is 6.33. The van der Waals surface area contributed by atoms with Gasteiger partial charge in [-0.2, -0.15) is 0 Å². The van der Waals surface area contributed by atoms with E-state index in [0.29, 0.717) is 25.2 Å². The van der Waals surface area contributed by atoms with Crippen molar-refractivity contribution in [2.75, 3.05) is 13.2 Å². The molecule has 104 valence electrons. The predicted molar refractivity (Wildman–Crippen MR) is 67.4 cm³/mol. The van der Waals surface area contributed by atoms with E-state index in [1.165, 1.54) is 12.1 Å². The molecule has 1 rings (SSSR count). The lowest BCUT2D eigenvalue weighted by atomic mass is 10.2. The number of unbranched alkanes of at least 4 members (excludes halogenated alkanes) is 1. The maximum atomic E-state index is 12.6. The second kappa shape index (κ2) is 8.24. The quantitative estimate of drug-likeness (QED) is 0.413. The maximum Gasteiger partial charge on any atom is 0.374 e. The van der Waals surface area contributed by atoms with Gasteiger partial charge in [-0.1, -0.05) is 0 Å². The summed E-state index contributed by atoms with van der Waals surface area (Å²) in [5.41, 5.74) is 0. The Bertz CT molecular complexity index is 414. The van der Waals surface area contributed by atoms with Gasteiger partial charge in [0.05, 0.1) is 13.2 Å². The highest BCUT2D eigenvalue weighted by Gasteiger charge is 2.13. The van der Waals surface area contributed by atoms with Gasteiger partial charge in [0, 0.05) is 6.42 Å². The number of benzene rings is 1. The molecule has 0 saturated carbocycles. The Morgan fingerprint density at radius 2 is 1.84 bits per heavy atom. The minimum Gasteiger partial charge on any atom is -0.494 e. The second-order valence-electron chi connectivity index (χ2n) is 3.90. The maximum absolute atomic E-state index is 12.6. The third-order valence-corrected chi connectivity index (χ3v) is 2.38. The van der Waals surface area contributed by atoms with Crippen molar-refractivity contribution in [3.63, 3.8) is 0 Å². The fourth-order valence-electron chi connectivity index (χ4n) is 1.42. The van der Waals surface area contributed by atoms with Crippen LogP contribution < -0.4 is 4.74 Å². The van der Waals surface area contributed by atoms with Gasteiger partial charge in [-0.25, -0.2) is 9.18 Å². The SMILES string of the molecule is CCOC(=O)C(=O)CCCCOc1ccc(F)cc1. The molecule has 0 aromatic heterocycles. The number of rotatable bonds is 8. The molecular weight excluding hydrogens is 251 g/mol. The first-order valence-corrected chi connectivity index (χ1v) is 6.21. The third-order valence-electron chi connectivity index (χ3n) is 2.38. The summed E-state index contributed by atoms with van der Waals surface area (Å²) in [5, 5.41) is 0. The Morgan fingerprint density at radius 1 is 1.16 bits per heavy atom. The molecule has 4 nitrogen and oxygen atoms in total. The molecule has 1 aromatic rings. The van der Waals surface area contributed by atoms with Crippen molar-refractivity contribution < 1.29 is 23.5 Å². The van der Waals surface area contributed by atoms with Crippen LogP contribution in [0, 0.1) is 5.82 Å². The van der Waals surface area contributed by atoms with Gasteiger partial charge in [0.2, 0.25) is 5.78 Å². The Balaban J connectivity index is 2.13. The minimum atomic E-state index is -0.776. The zero-order valence-electron chi connectivity index (χ0n) is 10.9. The topological polar surface area (TPSA) is 52.6 Å². The molecule has 0 amide bonds. The van der Waals surface area contributed by atoms with Gasteiger partial charge in [-0.3, -0.25) is 4.79 Å². The lowest BCUT2D eigenvalue weighted by Crippen LogP contribution is -2.17. The number of halogens is 1. The molecule has 0 unspecified atom stereocenters. The average Bonchev–Trinajstić information content (AvgIpc) is 2.40. The third kappa shape index (κ3) is 5.99. The molecule has 0 heterocycles. The van der Waals surface area contributed by atoms with Crippen LogP contribution in [0.2, 0.25) is 0 Å². The van der Waals surface area contributed by atoms with Crippen molar-refractivity contribution in [3.8, 4) is 5.75 Å². The number of ether oxygens (including phenoxy) is 2. The number of ketones is 1. The summed E-state index contributed by atoms with van der Waals surface area (Å²) in [6.45, 7) is 2.28. The summed E-state index contributed by atoms with van der Waals surface area (Å²) >= 11 is 0. The van der Waals surface area contributed by atoms with Gasteiger partial charge in [0.15, 0.2) is 0 Å². The molecule has 0 spiro atoms. The smallest absolute Gasteiger partial charge is 0.374 e. The number of carbonyl (C=O) groups is 2. The number of hydrogen-bond donors (Lipinski definition) is 0. The normalized spacial score (nSPS) is 10.0. The summed E-state index contributed by atoms with van der Waals surface area (Å²) in [6, 6.07) is 5.72. The van der Waals surface area contributed by atoms with Crippen molar-refractivity contribution in [2.45, 2.75) is 26.2 Å². The summed E-state index contributed by atoms with van der Waals surface area (Å²) in [5.74, 6) is -1.02. The molecule has 0 fully saturated rings. The molecule has 19 heavy (non-hydrogen) atoms. The van der Waals surface area contributed by atoms with Gasteiger partial charge < -0.3 is 9.47 Å². The summed E-state index contributed by atoms with van der Waals surface area (Å²) < 4.78 is 22.6. The zero-order chi connectivity index (χ0) is 14.1. The highest BCUT2D eigenvalue weighted by atomic mass is 19.1. The van der Waals surface area contributed by atoms with E-state index in [1.807, 2.05) is 0 Å². The fraction of sp³-hybridized carbons (Fsp3) is 0.429. The van der Waals surface area contributed by atoms with Crippen LogP contribution in [0.25, 0.3) is 0 Å². The van der Waals surface area contributed by atoms with E-state index in [4.69, 9.17) is 4.74 Å². The van der Waals surface area contributed by atoms with Crippen molar-refractivity contribution in [2.24, 2.45) is 0 Å². The van der Waals surface area contributed by atoms with Crippen LogP contribution in [0.15, 0.2) is 24.3 Å². The fourth-order valence-corrected chi connectivity index (χ4v) is 1.42. The van der Waals surface area contributed by atoms with Gasteiger partial charge >= 0.3 is 5.97 Å². The van der Waals surface area contributed by atoms with Crippen LogP contribution in [0.4, 0.5) is 4.39 Å². The molecule has 0 aliphatic heterocycles. The summed E-state index contributed by atoms with van der Waals surface area (Å²) in [6.07, 6.45) is 1.35. The van der Waals surface area contributed by atoms with Gasteiger partial charge in [-0.15, -0.1) is 0 Å². The van der Waals surface area contributed by atoms with Gasteiger partial charge in [0.25, 0.3) is 0 Å². The number of esters is 1. The second-order valence-corrected chi connectivity index (χ2v) is 3.90. The van der Waals surface area contributed by atoms with Crippen molar-refractivity contribution in [1.82, 2.24) is 0 Å². The highest BCUT2D eigenvalue weighted by Crippen LogP contribution is 2.11. The van der Waals surface area contributed by atoms with Crippen LogP contribution >= 0.6 is 0 Å². The molecule has 0 bridgehead atoms. The van der Waals surface area contributed by atoms with Crippen LogP contribution in [0.5, 0.6) is 5.75 Å². The molecule has 0 saturated heterocycles. The van der Waals surface area contributed by atoms with E-state index in [9.17, 15) is 14.0 Å². The van der Waals surface area contributed by atoms with Gasteiger partial charge in [0.1, 0.15) is 11.6 Å². The van der Waals surface area contributed by atoms with Crippen LogP contribution in [-0.2, 0) is 14.3 Å². The standard InChI is InChI=1S/C14H17FO4/c1-2-18-14(17)13(16)5-3-4-10-19-12-8-6-11(15)7-9-12/h6-9H,2-5,10H2,1H3. The van der Waals surface area contributed by atoms with Gasteiger partial charge in [-0.05, 0) is 44.0 Å². The Labute approximate surface area is 111 Å². The largest absolute Gasteiger partial charge is 0.494 e. The van der Waals surface area contributed by atoms with Crippen LogP contribution in [0.1, 0.15) is 26.2 Å². The molecule has 5 heteroatoms. The lowest BCUT2D eigenvalue weighted by Gasteiger charge is -2.05. The van der Waals surface area contributed by atoms with E-state index in [-0.39, 0.29) is 18.8 Å². The Hall–Kier alpha value is -1.91. The average molecular weight is 268 g/mol. The zero-order valence-corrected chi connectivity index (χ0v) is 10.9. The first-order chi connectivity index (χ1) is 9.13. The number of Topliss-reactive ketones (excluding diaryl/α,β-unsaturated/α-hetero) is 1. The molecule has 0 N–H and O–H groups in total.